The molecule has 2 N–H and O–H groups in total. The molecular weight excluding hydrogens is 281 g/mol. The Bertz CT molecular complexity index is 522. The highest BCUT2D eigenvalue weighted by Crippen LogP contribution is 2.31. The maximum Gasteiger partial charge on any atom is 0.417 e. The molecule has 2 heterocycles. The molecule has 2 rings (SSSR count). The van der Waals surface area contributed by atoms with Crippen molar-refractivity contribution in [2.75, 3.05) is 5.73 Å². The smallest absolute Gasteiger partial charge is 0.366 e. The predicted octanol–water partition coefficient (Wildman–Crippen LogP) is 4.04. The quantitative estimate of drug-likeness (QED) is 0.798. The Labute approximate surface area is 114 Å². The van der Waals surface area contributed by atoms with Crippen LogP contribution in [-0.4, -0.2) is 14.6 Å². The number of pyridine rings is 1. The highest BCUT2D eigenvalue weighted by molar-refractivity contribution is 6.33. The lowest BCUT2D eigenvalue weighted by molar-refractivity contribution is -0.137. The normalized spacial score (nSPS) is 10.3. The van der Waals surface area contributed by atoms with Crippen molar-refractivity contribution in [2.45, 2.75) is 33.9 Å². The molecule has 0 aliphatic carbocycles. The van der Waals surface area contributed by atoms with Crippen LogP contribution in [0.25, 0.3) is 5.65 Å². The lowest BCUT2D eigenvalue weighted by atomic mass is 10.3. The maximum absolute atomic E-state index is 12.4. The first-order chi connectivity index (χ1) is 8.88. The minimum absolute atomic E-state index is 0.0992. The summed E-state index contributed by atoms with van der Waals surface area (Å²) in [5.41, 5.74) is 4.44. The summed E-state index contributed by atoms with van der Waals surface area (Å²) in [5, 5.41) is 3.40. The topological polar surface area (TPSA) is 56.2 Å². The maximum atomic E-state index is 12.4. The van der Waals surface area contributed by atoms with Gasteiger partial charge in [-0.25, -0.2) is 4.52 Å². The second kappa shape index (κ2) is 7.18. The van der Waals surface area contributed by atoms with Crippen LogP contribution in [-0.2, 0) is 6.18 Å². The molecule has 0 aliphatic heterocycles. The summed E-state index contributed by atoms with van der Waals surface area (Å²) in [5.74, 6) is -0.128. The van der Waals surface area contributed by atoms with Crippen LogP contribution in [0.2, 0.25) is 5.02 Å². The number of nitrogens with zero attached hydrogens (tertiary/aromatic N) is 3. The fraction of sp³-hybridized carbons (Fsp3) is 0.455. The van der Waals surface area contributed by atoms with Crippen molar-refractivity contribution in [1.29, 1.82) is 0 Å². The number of hydrogen-bond acceptors (Lipinski definition) is 3. The van der Waals surface area contributed by atoms with E-state index in [2.05, 4.69) is 10.1 Å². The Kier molecular flexibility index (Phi) is 6.61. The lowest BCUT2D eigenvalue weighted by Gasteiger charge is -2.06. The van der Waals surface area contributed by atoms with Gasteiger partial charge in [-0.3, -0.25) is 0 Å². The van der Waals surface area contributed by atoms with E-state index in [9.17, 15) is 13.2 Å². The number of anilines is 1. The minimum atomic E-state index is -4.47. The molecule has 0 saturated carbocycles. The summed E-state index contributed by atoms with van der Waals surface area (Å²) in [7, 11) is 0. The van der Waals surface area contributed by atoms with Gasteiger partial charge in [-0.05, 0) is 6.07 Å². The van der Waals surface area contributed by atoms with Crippen molar-refractivity contribution in [3.63, 3.8) is 0 Å². The summed E-state index contributed by atoms with van der Waals surface area (Å²) >= 11 is 5.60. The lowest BCUT2D eigenvalue weighted by Crippen LogP contribution is -2.07. The van der Waals surface area contributed by atoms with E-state index in [1.165, 1.54) is 0 Å². The van der Waals surface area contributed by atoms with Crippen molar-refractivity contribution < 1.29 is 13.2 Å². The average Bonchev–Trinajstić information content (AvgIpc) is 2.74. The predicted molar refractivity (Wildman–Crippen MR) is 70.1 cm³/mol. The number of hydrogen-bond donors (Lipinski definition) is 1. The van der Waals surface area contributed by atoms with Gasteiger partial charge in [0.1, 0.15) is 0 Å². The molecule has 0 aliphatic rings. The van der Waals surface area contributed by atoms with Crippen molar-refractivity contribution in [3.05, 3.63) is 22.8 Å². The first-order valence-electron chi connectivity index (χ1n) is 5.76. The third-order valence-electron chi connectivity index (χ3n) is 1.73. The Hall–Kier alpha value is -1.50. The Morgan fingerprint density at radius 2 is 1.74 bits per heavy atom. The van der Waals surface area contributed by atoms with Crippen LogP contribution in [0.15, 0.2) is 12.3 Å². The second-order valence-corrected chi connectivity index (χ2v) is 3.22. The van der Waals surface area contributed by atoms with E-state index in [1.807, 2.05) is 27.7 Å². The molecule has 0 unspecified atom stereocenters. The van der Waals surface area contributed by atoms with Crippen LogP contribution in [0.4, 0.5) is 19.1 Å². The highest BCUT2D eigenvalue weighted by Gasteiger charge is 2.32. The molecule has 0 bridgehead atoms. The zero-order chi connectivity index (χ0) is 15.2. The summed E-state index contributed by atoms with van der Waals surface area (Å²) in [6, 6.07) is 0.783. The molecule has 108 valence electrons. The number of aromatic nitrogens is 3. The standard InChI is InChI=1S/C7H4ClF3N4.2C2H6/c8-4-1-3(7(9,10)11)2-15-5(4)13-6(12)14-15;2*1-2/h1-2H,(H2,12,14);2*1-2H3. The molecule has 0 atom stereocenters. The van der Waals surface area contributed by atoms with Gasteiger partial charge in [-0.2, -0.15) is 18.2 Å². The molecule has 2 aromatic heterocycles. The van der Waals surface area contributed by atoms with Crippen LogP contribution in [0.1, 0.15) is 33.3 Å². The molecule has 0 radical (unpaired) electrons. The molecule has 4 nitrogen and oxygen atoms in total. The molecular formula is C11H16ClF3N4. The average molecular weight is 297 g/mol. The number of fused-ring (bicyclic) bond motifs is 1. The molecule has 19 heavy (non-hydrogen) atoms. The molecule has 0 saturated heterocycles. The summed E-state index contributed by atoms with van der Waals surface area (Å²) in [4.78, 5) is 3.67. The Morgan fingerprint density at radius 1 is 1.21 bits per heavy atom. The molecule has 8 heteroatoms. The van der Waals surface area contributed by atoms with Crippen LogP contribution < -0.4 is 5.73 Å². The highest BCUT2D eigenvalue weighted by atomic mass is 35.5. The zero-order valence-corrected chi connectivity index (χ0v) is 11.8. The van der Waals surface area contributed by atoms with Gasteiger partial charge in [0, 0.05) is 6.20 Å². The number of halogens is 4. The molecule has 0 fully saturated rings. The van der Waals surface area contributed by atoms with Gasteiger partial charge >= 0.3 is 6.18 Å². The minimum Gasteiger partial charge on any atom is -0.366 e. The first-order valence-corrected chi connectivity index (χ1v) is 6.14. The molecule has 2 aromatic rings. The van der Waals surface area contributed by atoms with E-state index >= 15 is 0 Å². The van der Waals surface area contributed by atoms with Crippen LogP contribution in [0, 0.1) is 0 Å². The summed E-state index contributed by atoms with van der Waals surface area (Å²) in [6.07, 6.45) is -3.69. The Balaban J connectivity index is 0.000000741. The monoisotopic (exact) mass is 296 g/mol. The van der Waals surface area contributed by atoms with Crippen molar-refractivity contribution >= 4 is 23.2 Å². The fourth-order valence-electron chi connectivity index (χ4n) is 1.12. The third-order valence-corrected chi connectivity index (χ3v) is 2.01. The van der Waals surface area contributed by atoms with Gasteiger partial charge in [0.05, 0.1) is 10.6 Å². The first kappa shape index (κ1) is 17.5. The third kappa shape index (κ3) is 4.27. The zero-order valence-electron chi connectivity index (χ0n) is 11.1. The van der Waals surface area contributed by atoms with Gasteiger partial charge in [-0.1, -0.05) is 39.3 Å². The largest absolute Gasteiger partial charge is 0.417 e. The summed E-state index contributed by atoms with van der Waals surface area (Å²) < 4.78 is 38.0. The molecule has 0 amide bonds. The van der Waals surface area contributed by atoms with Crippen LogP contribution in [0.5, 0.6) is 0 Å². The van der Waals surface area contributed by atoms with Gasteiger partial charge < -0.3 is 5.73 Å². The van der Waals surface area contributed by atoms with E-state index in [-0.39, 0.29) is 16.6 Å². The second-order valence-electron chi connectivity index (χ2n) is 2.81. The molecule has 0 aromatic carbocycles. The van der Waals surface area contributed by atoms with E-state index in [4.69, 9.17) is 17.3 Å². The van der Waals surface area contributed by atoms with Gasteiger partial charge in [0.2, 0.25) is 5.95 Å². The van der Waals surface area contributed by atoms with E-state index in [0.717, 1.165) is 16.8 Å². The van der Waals surface area contributed by atoms with E-state index in [0.29, 0.717) is 0 Å². The van der Waals surface area contributed by atoms with Gasteiger partial charge in [-0.15, -0.1) is 5.10 Å². The fourth-order valence-corrected chi connectivity index (χ4v) is 1.36. The molecule has 0 spiro atoms. The Morgan fingerprint density at radius 3 is 2.21 bits per heavy atom. The number of rotatable bonds is 0. The van der Waals surface area contributed by atoms with Crippen molar-refractivity contribution in [3.8, 4) is 0 Å². The SMILES string of the molecule is CC.CC.Nc1nc2c(Cl)cc(C(F)(F)F)cn2n1. The van der Waals surface area contributed by atoms with Crippen LogP contribution >= 0.6 is 11.6 Å². The number of nitrogens with two attached hydrogens (primary N) is 1. The van der Waals surface area contributed by atoms with Crippen molar-refractivity contribution in [2.24, 2.45) is 0 Å². The summed E-state index contributed by atoms with van der Waals surface area (Å²) in [6.45, 7) is 8.00. The number of nitrogen functional groups attached to an aromatic ring is 1. The van der Waals surface area contributed by atoms with Crippen molar-refractivity contribution in [1.82, 2.24) is 14.6 Å². The van der Waals surface area contributed by atoms with Crippen LogP contribution in [0.3, 0.4) is 0 Å². The van der Waals surface area contributed by atoms with Gasteiger partial charge in [0.15, 0.2) is 5.65 Å². The van der Waals surface area contributed by atoms with Gasteiger partial charge in [0.25, 0.3) is 0 Å². The number of alkyl halides is 3. The van der Waals surface area contributed by atoms with E-state index in [1.54, 1.807) is 0 Å². The van der Waals surface area contributed by atoms with E-state index < -0.39 is 11.7 Å².